The van der Waals surface area contributed by atoms with Gasteiger partial charge in [0, 0.05) is 27.7 Å². The summed E-state index contributed by atoms with van der Waals surface area (Å²) in [6.07, 6.45) is 2.80. The van der Waals surface area contributed by atoms with Crippen molar-refractivity contribution in [2.45, 2.75) is 40.5 Å². The maximum atomic E-state index is 12.5. The molecule has 0 fully saturated rings. The van der Waals surface area contributed by atoms with Crippen molar-refractivity contribution < 1.29 is 14.0 Å². The van der Waals surface area contributed by atoms with Crippen LogP contribution in [-0.4, -0.2) is 11.8 Å². The maximum Gasteiger partial charge on any atom is 0.229 e. The van der Waals surface area contributed by atoms with Gasteiger partial charge in [-0.3, -0.25) is 9.59 Å². The third kappa shape index (κ3) is 4.60. The van der Waals surface area contributed by atoms with E-state index in [2.05, 4.69) is 23.6 Å². The van der Waals surface area contributed by atoms with Gasteiger partial charge in [-0.15, -0.1) is 0 Å². The van der Waals surface area contributed by atoms with Gasteiger partial charge in [-0.25, -0.2) is 0 Å². The normalized spacial score (nSPS) is 11.4. The number of amides is 2. The fraction of sp³-hybridized carbons (Fsp3) is 0.304. The van der Waals surface area contributed by atoms with Gasteiger partial charge in [-0.1, -0.05) is 45.9 Å². The van der Waals surface area contributed by atoms with Gasteiger partial charge in [0.1, 0.15) is 5.58 Å². The Bertz CT molecular complexity index is 1010. The van der Waals surface area contributed by atoms with E-state index in [-0.39, 0.29) is 18.2 Å². The zero-order chi connectivity index (χ0) is 20.3. The number of benzene rings is 2. The quantitative estimate of drug-likeness (QED) is 0.644. The zero-order valence-electron chi connectivity index (χ0n) is 16.8. The number of aryl methyl sites for hydroxylation is 1. The van der Waals surface area contributed by atoms with Gasteiger partial charge < -0.3 is 15.1 Å². The van der Waals surface area contributed by atoms with Crippen molar-refractivity contribution in [3.05, 3.63) is 59.9 Å². The van der Waals surface area contributed by atoms with Crippen molar-refractivity contribution in [3.63, 3.8) is 0 Å². The molecule has 0 radical (unpaired) electrons. The van der Waals surface area contributed by atoms with Crippen LogP contribution in [0.25, 0.3) is 11.0 Å². The van der Waals surface area contributed by atoms with E-state index in [1.165, 1.54) is 5.56 Å². The minimum absolute atomic E-state index is 0.0766. The predicted molar refractivity (Wildman–Crippen MR) is 112 cm³/mol. The molecule has 0 aliphatic heterocycles. The molecule has 1 aromatic heterocycles. The summed E-state index contributed by atoms with van der Waals surface area (Å²) in [5.41, 5.74) is 3.66. The topological polar surface area (TPSA) is 71.3 Å². The minimum atomic E-state index is -0.487. The highest BCUT2D eigenvalue weighted by atomic mass is 16.3. The van der Waals surface area contributed by atoms with E-state index in [4.69, 9.17) is 4.42 Å². The van der Waals surface area contributed by atoms with Crippen LogP contribution < -0.4 is 10.6 Å². The van der Waals surface area contributed by atoms with E-state index in [1.54, 1.807) is 30.5 Å². The number of furan rings is 1. The molecule has 5 heteroatoms. The van der Waals surface area contributed by atoms with Gasteiger partial charge >= 0.3 is 0 Å². The summed E-state index contributed by atoms with van der Waals surface area (Å²) in [6.45, 7) is 7.66. The molecule has 1 heterocycles. The van der Waals surface area contributed by atoms with Crippen LogP contribution in [0, 0.1) is 5.41 Å². The Morgan fingerprint density at radius 1 is 1.00 bits per heavy atom. The van der Waals surface area contributed by atoms with Gasteiger partial charge in [0.2, 0.25) is 11.8 Å². The van der Waals surface area contributed by atoms with Gasteiger partial charge in [-0.2, -0.15) is 0 Å². The van der Waals surface area contributed by atoms with Gasteiger partial charge in [-0.05, 0) is 36.2 Å². The largest absolute Gasteiger partial charge is 0.464 e. The molecule has 0 aliphatic rings. The van der Waals surface area contributed by atoms with Crippen LogP contribution in [0.1, 0.15) is 38.8 Å². The van der Waals surface area contributed by atoms with Crippen molar-refractivity contribution in [3.8, 4) is 0 Å². The predicted octanol–water partition coefficient (Wildman–Crippen LogP) is 5.16. The summed E-state index contributed by atoms with van der Waals surface area (Å²) in [5.74, 6) is -0.214. The summed E-state index contributed by atoms with van der Waals surface area (Å²) in [6, 6.07) is 13.2. The molecule has 0 unspecified atom stereocenters. The van der Waals surface area contributed by atoms with Crippen LogP contribution in [0.2, 0.25) is 0 Å². The molecule has 0 spiro atoms. The van der Waals surface area contributed by atoms with E-state index >= 15 is 0 Å². The molecule has 3 aromatic rings. The highest BCUT2D eigenvalue weighted by molar-refractivity contribution is 5.97. The number of carbonyl (C=O) groups excluding carboxylic acids is 2. The summed E-state index contributed by atoms with van der Waals surface area (Å²) in [7, 11) is 0. The van der Waals surface area contributed by atoms with E-state index in [0.717, 1.165) is 23.0 Å². The maximum absolute atomic E-state index is 12.5. The lowest BCUT2D eigenvalue weighted by molar-refractivity contribution is -0.123. The Morgan fingerprint density at radius 2 is 1.71 bits per heavy atom. The third-order valence-electron chi connectivity index (χ3n) is 4.56. The molecule has 2 N–H and O–H groups in total. The van der Waals surface area contributed by atoms with Crippen molar-refractivity contribution in [1.82, 2.24) is 0 Å². The first-order chi connectivity index (χ1) is 13.3. The number of fused-ring (bicyclic) bond motifs is 1. The monoisotopic (exact) mass is 378 g/mol. The SMILES string of the molecule is CCc1ccc2c(CC(=O)Nc3cccc(NC(=O)C(C)(C)C)c3)coc2c1. The first-order valence-electron chi connectivity index (χ1n) is 9.46. The highest BCUT2D eigenvalue weighted by Gasteiger charge is 2.21. The second kappa shape index (κ2) is 7.89. The van der Waals surface area contributed by atoms with Gasteiger partial charge in [0.15, 0.2) is 0 Å². The third-order valence-corrected chi connectivity index (χ3v) is 4.56. The molecular formula is C23H26N2O3. The van der Waals surface area contributed by atoms with Crippen LogP contribution in [0.3, 0.4) is 0 Å². The lowest BCUT2D eigenvalue weighted by Crippen LogP contribution is -2.27. The van der Waals surface area contributed by atoms with Gasteiger partial charge in [0.25, 0.3) is 0 Å². The molecule has 0 bridgehead atoms. The summed E-state index contributed by atoms with van der Waals surface area (Å²) in [5, 5.41) is 6.72. The summed E-state index contributed by atoms with van der Waals surface area (Å²) in [4.78, 5) is 24.6. The van der Waals surface area contributed by atoms with E-state index in [9.17, 15) is 9.59 Å². The number of anilines is 2. The molecule has 146 valence electrons. The number of hydrogen-bond donors (Lipinski definition) is 2. The minimum Gasteiger partial charge on any atom is -0.464 e. The molecular weight excluding hydrogens is 352 g/mol. The van der Waals surface area contributed by atoms with E-state index in [0.29, 0.717) is 11.4 Å². The lowest BCUT2D eigenvalue weighted by atomic mass is 9.95. The second-order valence-corrected chi connectivity index (χ2v) is 7.95. The number of hydrogen-bond acceptors (Lipinski definition) is 3. The fourth-order valence-electron chi connectivity index (χ4n) is 2.86. The Kier molecular flexibility index (Phi) is 5.54. The molecule has 28 heavy (non-hydrogen) atoms. The number of carbonyl (C=O) groups is 2. The summed E-state index contributed by atoms with van der Waals surface area (Å²) >= 11 is 0. The van der Waals surface area contributed by atoms with Crippen molar-refractivity contribution >= 4 is 34.2 Å². The fourth-order valence-corrected chi connectivity index (χ4v) is 2.86. The number of nitrogens with one attached hydrogen (secondary N) is 2. The van der Waals surface area contributed by atoms with E-state index in [1.807, 2.05) is 32.9 Å². The number of rotatable bonds is 5. The molecule has 2 aromatic carbocycles. The smallest absolute Gasteiger partial charge is 0.229 e. The average Bonchev–Trinajstić information content (AvgIpc) is 3.03. The van der Waals surface area contributed by atoms with Crippen LogP contribution in [0.15, 0.2) is 53.1 Å². The Morgan fingerprint density at radius 3 is 2.39 bits per heavy atom. The molecule has 5 nitrogen and oxygen atoms in total. The molecule has 0 saturated carbocycles. The van der Waals surface area contributed by atoms with Crippen LogP contribution in [-0.2, 0) is 22.4 Å². The second-order valence-electron chi connectivity index (χ2n) is 7.95. The standard InChI is InChI=1S/C23H26N2O3/c1-5-15-9-10-19-16(14-28-20(19)11-15)12-21(26)24-17-7-6-8-18(13-17)25-22(27)23(2,3)4/h6-11,13-14H,5,12H2,1-4H3,(H,24,26)(H,25,27). The Balaban J connectivity index is 1.68. The first kappa shape index (κ1) is 19.7. The molecule has 0 aliphatic carbocycles. The molecule has 0 saturated heterocycles. The van der Waals surface area contributed by atoms with Crippen molar-refractivity contribution in [1.29, 1.82) is 0 Å². The molecule has 3 rings (SSSR count). The van der Waals surface area contributed by atoms with E-state index < -0.39 is 5.41 Å². The van der Waals surface area contributed by atoms with Crippen LogP contribution in [0.5, 0.6) is 0 Å². The lowest BCUT2D eigenvalue weighted by Gasteiger charge is -2.18. The molecule has 2 amide bonds. The molecule has 0 atom stereocenters. The summed E-state index contributed by atoms with van der Waals surface area (Å²) < 4.78 is 5.61. The Labute approximate surface area is 165 Å². The van der Waals surface area contributed by atoms with Gasteiger partial charge in [0.05, 0.1) is 12.7 Å². The first-order valence-corrected chi connectivity index (χ1v) is 9.46. The van der Waals surface area contributed by atoms with Crippen molar-refractivity contribution in [2.24, 2.45) is 5.41 Å². The Hall–Kier alpha value is -3.08. The van der Waals surface area contributed by atoms with Crippen LogP contribution in [0.4, 0.5) is 11.4 Å². The highest BCUT2D eigenvalue weighted by Crippen LogP contribution is 2.24. The average molecular weight is 378 g/mol. The zero-order valence-corrected chi connectivity index (χ0v) is 16.8. The van der Waals surface area contributed by atoms with Crippen LogP contribution >= 0.6 is 0 Å². The van der Waals surface area contributed by atoms with Crippen molar-refractivity contribution in [2.75, 3.05) is 10.6 Å².